The van der Waals surface area contributed by atoms with E-state index in [2.05, 4.69) is 9.71 Å². The van der Waals surface area contributed by atoms with Crippen molar-refractivity contribution in [2.75, 3.05) is 5.75 Å². The van der Waals surface area contributed by atoms with Crippen LogP contribution in [0.3, 0.4) is 0 Å². The van der Waals surface area contributed by atoms with Crippen molar-refractivity contribution in [2.24, 2.45) is 0 Å². The molecule has 114 valence electrons. The quantitative estimate of drug-likeness (QED) is 0.871. The van der Waals surface area contributed by atoms with Crippen LogP contribution in [0.5, 0.6) is 0 Å². The summed E-state index contributed by atoms with van der Waals surface area (Å²) in [5.41, 5.74) is 1.70. The molecule has 1 aromatic heterocycles. The van der Waals surface area contributed by atoms with Crippen LogP contribution in [0.15, 0.2) is 24.3 Å². The van der Waals surface area contributed by atoms with E-state index in [9.17, 15) is 8.42 Å². The summed E-state index contributed by atoms with van der Waals surface area (Å²) < 4.78 is 26.0. The van der Waals surface area contributed by atoms with E-state index in [1.165, 1.54) is 11.3 Å². The highest BCUT2D eigenvalue weighted by molar-refractivity contribution is 7.89. The molecule has 7 heteroatoms. The lowest BCUT2D eigenvalue weighted by Gasteiger charge is -2.03. The number of hydrogen-bond acceptors (Lipinski definition) is 4. The van der Waals surface area contributed by atoms with Gasteiger partial charge in [0.25, 0.3) is 0 Å². The number of nitrogens with zero attached hydrogens (tertiary/aromatic N) is 1. The average Bonchev–Trinajstić information content (AvgIpc) is 2.78. The number of sulfonamides is 1. The Kier molecular flexibility index (Phi) is 5.37. The van der Waals surface area contributed by atoms with E-state index in [4.69, 9.17) is 11.6 Å². The molecule has 0 amide bonds. The first-order valence-electron chi connectivity index (χ1n) is 6.61. The zero-order chi connectivity index (χ0) is 15.5. The van der Waals surface area contributed by atoms with Gasteiger partial charge in [0.2, 0.25) is 10.0 Å². The highest BCUT2D eigenvalue weighted by Crippen LogP contribution is 2.32. The number of nitrogens with one attached hydrogen (secondary N) is 1. The summed E-state index contributed by atoms with van der Waals surface area (Å²) >= 11 is 7.63. The van der Waals surface area contributed by atoms with Crippen LogP contribution in [0.4, 0.5) is 0 Å². The first kappa shape index (κ1) is 16.4. The molecule has 1 aromatic carbocycles. The summed E-state index contributed by atoms with van der Waals surface area (Å²) in [5, 5.41) is 1.45. The van der Waals surface area contributed by atoms with E-state index < -0.39 is 10.0 Å². The lowest BCUT2D eigenvalue weighted by atomic mass is 10.2. The Labute approximate surface area is 134 Å². The summed E-state index contributed by atoms with van der Waals surface area (Å²) in [6.45, 7) is 3.99. The van der Waals surface area contributed by atoms with Gasteiger partial charge >= 0.3 is 0 Å². The fourth-order valence-electron chi connectivity index (χ4n) is 1.86. The number of halogens is 1. The molecule has 0 fully saturated rings. The predicted octanol–water partition coefficient (Wildman–Crippen LogP) is 3.60. The molecule has 2 rings (SSSR count). The standard InChI is InChI=1S/C14H17ClN2O2S2/c1-3-8-21(18,19)16-9-13-10(2)17-14(20-13)11-6-4-5-7-12(11)15/h4-7,16H,3,8-9H2,1-2H3. The maximum Gasteiger partial charge on any atom is 0.211 e. The van der Waals surface area contributed by atoms with Crippen LogP contribution in [-0.2, 0) is 16.6 Å². The number of hydrogen-bond donors (Lipinski definition) is 1. The SMILES string of the molecule is CCCS(=O)(=O)NCc1sc(-c2ccccc2Cl)nc1C. The van der Waals surface area contributed by atoms with Gasteiger partial charge in [-0.15, -0.1) is 11.3 Å². The molecule has 0 unspecified atom stereocenters. The smallest absolute Gasteiger partial charge is 0.211 e. The molecule has 4 nitrogen and oxygen atoms in total. The Hall–Kier alpha value is -0.950. The van der Waals surface area contributed by atoms with E-state index in [0.29, 0.717) is 11.4 Å². The summed E-state index contributed by atoms with van der Waals surface area (Å²) in [4.78, 5) is 5.39. The Morgan fingerprint density at radius 2 is 2.05 bits per heavy atom. The first-order chi connectivity index (χ1) is 9.93. The Balaban J connectivity index is 2.19. The minimum absolute atomic E-state index is 0.141. The molecular formula is C14H17ClN2O2S2. The Morgan fingerprint density at radius 3 is 2.71 bits per heavy atom. The van der Waals surface area contributed by atoms with Gasteiger partial charge in [-0.3, -0.25) is 0 Å². The van der Waals surface area contributed by atoms with E-state index >= 15 is 0 Å². The Bertz CT molecular complexity index is 726. The van der Waals surface area contributed by atoms with Crippen molar-refractivity contribution in [3.63, 3.8) is 0 Å². The molecule has 0 saturated heterocycles. The fourth-order valence-corrected chi connectivity index (χ4v) is 4.32. The average molecular weight is 345 g/mol. The number of thiazole rings is 1. The Morgan fingerprint density at radius 1 is 1.33 bits per heavy atom. The molecule has 2 aromatic rings. The van der Waals surface area contributed by atoms with Gasteiger partial charge in [0.1, 0.15) is 5.01 Å². The second-order valence-electron chi connectivity index (χ2n) is 4.65. The monoisotopic (exact) mass is 344 g/mol. The van der Waals surface area contributed by atoms with Crippen molar-refractivity contribution in [2.45, 2.75) is 26.8 Å². The van der Waals surface area contributed by atoms with E-state index in [-0.39, 0.29) is 12.3 Å². The van der Waals surface area contributed by atoms with Gasteiger partial charge in [-0.1, -0.05) is 36.7 Å². The summed E-state index contributed by atoms with van der Waals surface area (Å²) in [6, 6.07) is 7.50. The van der Waals surface area contributed by atoms with E-state index in [0.717, 1.165) is 21.1 Å². The molecule has 0 spiro atoms. The first-order valence-corrected chi connectivity index (χ1v) is 9.46. The van der Waals surface area contributed by atoms with Crippen molar-refractivity contribution in [1.82, 2.24) is 9.71 Å². The largest absolute Gasteiger partial charge is 0.241 e. The normalized spacial score (nSPS) is 11.8. The van der Waals surface area contributed by atoms with Crippen LogP contribution in [0.2, 0.25) is 5.02 Å². The van der Waals surface area contributed by atoms with Crippen LogP contribution in [0, 0.1) is 6.92 Å². The molecule has 0 aliphatic carbocycles. The minimum Gasteiger partial charge on any atom is -0.241 e. The highest BCUT2D eigenvalue weighted by Gasteiger charge is 2.14. The van der Waals surface area contributed by atoms with Crippen LogP contribution >= 0.6 is 22.9 Å². The molecular weight excluding hydrogens is 328 g/mol. The second-order valence-corrected chi connectivity index (χ2v) is 8.06. The molecule has 21 heavy (non-hydrogen) atoms. The third kappa shape index (κ3) is 4.26. The van der Waals surface area contributed by atoms with Crippen molar-refractivity contribution in [3.05, 3.63) is 39.9 Å². The zero-order valence-corrected chi connectivity index (χ0v) is 14.3. The van der Waals surface area contributed by atoms with Gasteiger partial charge in [0.05, 0.1) is 16.5 Å². The molecule has 0 aliphatic heterocycles. The number of aryl methyl sites for hydroxylation is 1. The number of aromatic nitrogens is 1. The van der Waals surface area contributed by atoms with Gasteiger partial charge in [0, 0.05) is 17.0 Å². The molecule has 0 saturated carbocycles. The third-order valence-corrected chi connectivity index (χ3v) is 5.97. The zero-order valence-electron chi connectivity index (χ0n) is 11.9. The van der Waals surface area contributed by atoms with Crippen molar-refractivity contribution < 1.29 is 8.42 Å². The second kappa shape index (κ2) is 6.87. The van der Waals surface area contributed by atoms with Gasteiger partial charge in [0.15, 0.2) is 0 Å². The van der Waals surface area contributed by atoms with Gasteiger partial charge < -0.3 is 0 Å². The molecule has 0 bridgehead atoms. The molecule has 0 aliphatic rings. The minimum atomic E-state index is -3.21. The molecule has 1 heterocycles. The van der Waals surface area contributed by atoms with Crippen molar-refractivity contribution in [3.8, 4) is 10.6 Å². The van der Waals surface area contributed by atoms with Crippen LogP contribution < -0.4 is 4.72 Å². The molecule has 1 N–H and O–H groups in total. The predicted molar refractivity (Wildman–Crippen MR) is 88.2 cm³/mol. The van der Waals surface area contributed by atoms with Crippen LogP contribution in [0.25, 0.3) is 10.6 Å². The summed E-state index contributed by atoms with van der Waals surface area (Å²) in [5.74, 6) is 0.141. The van der Waals surface area contributed by atoms with Gasteiger partial charge in [-0.2, -0.15) is 0 Å². The fraction of sp³-hybridized carbons (Fsp3) is 0.357. The lowest BCUT2D eigenvalue weighted by molar-refractivity contribution is 0.580. The van der Waals surface area contributed by atoms with Gasteiger partial charge in [-0.05, 0) is 19.4 Å². The topological polar surface area (TPSA) is 59.1 Å². The number of rotatable bonds is 6. The number of benzene rings is 1. The van der Waals surface area contributed by atoms with Crippen LogP contribution in [-0.4, -0.2) is 19.2 Å². The maximum absolute atomic E-state index is 11.7. The summed E-state index contributed by atoms with van der Waals surface area (Å²) in [6.07, 6.45) is 0.599. The van der Waals surface area contributed by atoms with E-state index in [1.54, 1.807) is 0 Å². The van der Waals surface area contributed by atoms with Crippen molar-refractivity contribution in [1.29, 1.82) is 0 Å². The molecule has 0 atom stereocenters. The highest BCUT2D eigenvalue weighted by atomic mass is 35.5. The van der Waals surface area contributed by atoms with E-state index in [1.807, 2.05) is 38.1 Å². The van der Waals surface area contributed by atoms with Crippen LogP contribution in [0.1, 0.15) is 23.9 Å². The lowest BCUT2D eigenvalue weighted by Crippen LogP contribution is -2.25. The van der Waals surface area contributed by atoms with Crippen molar-refractivity contribution >= 4 is 33.0 Å². The third-order valence-electron chi connectivity index (χ3n) is 2.92. The van der Waals surface area contributed by atoms with Gasteiger partial charge in [-0.25, -0.2) is 18.1 Å². The molecule has 0 radical (unpaired) electrons. The summed E-state index contributed by atoms with van der Waals surface area (Å²) in [7, 11) is -3.21. The maximum atomic E-state index is 11.7.